The molecule has 0 bridgehead atoms. The fraction of sp³-hybridized carbons (Fsp3) is 0.714. The van der Waals surface area contributed by atoms with E-state index in [4.69, 9.17) is 9.73 Å². The summed E-state index contributed by atoms with van der Waals surface area (Å²) in [7, 11) is 0. The first-order valence-corrected chi connectivity index (χ1v) is 13.4. The Morgan fingerprint density at radius 2 is 1.79 bits per heavy atom. The van der Waals surface area contributed by atoms with Gasteiger partial charge in [-0.25, -0.2) is 4.99 Å². The topological polar surface area (TPSA) is 57.2 Å². The minimum atomic E-state index is 0.0847. The third-order valence-electron chi connectivity index (χ3n) is 7.80. The fourth-order valence-corrected chi connectivity index (χ4v) is 5.95. The molecule has 3 aliphatic heterocycles. The second-order valence-electron chi connectivity index (χ2n) is 11.1. The zero-order valence-corrected chi connectivity index (χ0v) is 21.6. The quantitative estimate of drug-likeness (QED) is 0.591. The van der Waals surface area contributed by atoms with Crippen LogP contribution in [0.2, 0.25) is 0 Å². The van der Waals surface area contributed by atoms with Crippen LogP contribution in [0.5, 0.6) is 0 Å². The molecule has 0 radical (unpaired) electrons. The number of ether oxygens (including phenoxy) is 1. The molecule has 188 valence electrons. The lowest BCUT2D eigenvalue weighted by Gasteiger charge is -2.35. The molecule has 3 aliphatic rings. The van der Waals surface area contributed by atoms with Crippen LogP contribution in [0, 0.1) is 24.7 Å². The predicted molar refractivity (Wildman–Crippen MR) is 138 cm³/mol. The van der Waals surface area contributed by atoms with Gasteiger partial charge in [-0.2, -0.15) is 0 Å². The summed E-state index contributed by atoms with van der Waals surface area (Å²) in [5, 5.41) is 3.21. The fourth-order valence-electron chi connectivity index (χ4n) is 5.95. The van der Waals surface area contributed by atoms with Crippen molar-refractivity contribution in [3.8, 4) is 0 Å². The number of nitrogens with one attached hydrogen (secondary N) is 1. The molecule has 4 atom stereocenters. The molecule has 1 aromatic carbocycles. The van der Waals surface area contributed by atoms with Gasteiger partial charge in [0.1, 0.15) is 12.1 Å². The minimum Gasteiger partial charge on any atom is -0.472 e. The highest BCUT2D eigenvalue weighted by molar-refractivity contribution is 5.96. The molecule has 2 saturated heterocycles. The first-order chi connectivity index (χ1) is 16.4. The van der Waals surface area contributed by atoms with Crippen molar-refractivity contribution in [1.29, 1.82) is 0 Å². The Labute approximate surface area is 206 Å². The van der Waals surface area contributed by atoms with Crippen molar-refractivity contribution in [2.45, 2.75) is 65.5 Å². The first kappa shape index (κ1) is 25.2. The number of carbonyl (C=O) groups is 1. The number of piperidine rings is 2. The van der Waals surface area contributed by atoms with E-state index < -0.39 is 0 Å². The second-order valence-corrected chi connectivity index (χ2v) is 11.1. The van der Waals surface area contributed by atoms with Gasteiger partial charge in [0.15, 0.2) is 0 Å². The number of nitrogens with zero attached hydrogens (tertiary/aromatic N) is 3. The molecule has 34 heavy (non-hydrogen) atoms. The van der Waals surface area contributed by atoms with Crippen LogP contribution in [-0.2, 0) is 9.53 Å². The van der Waals surface area contributed by atoms with Crippen molar-refractivity contribution in [3.63, 3.8) is 0 Å². The summed E-state index contributed by atoms with van der Waals surface area (Å²) in [5.41, 5.74) is 2.29. The molecule has 3 heterocycles. The molecular formula is C28H44N4O2. The van der Waals surface area contributed by atoms with E-state index >= 15 is 0 Å². The van der Waals surface area contributed by atoms with E-state index in [1.165, 1.54) is 25.1 Å². The maximum atomic E-state index is 12.7. The number of benzene rings is 1. The van der Waals surface area contributed by atoms with Crippen LogP contribution >= 0.6 is 0 Å². The predicted octanol–water partition coefficient (Wildman–Crippen LogP) is 3.73. The molecule has 6 nitrogen and oxygen atoms in total. The highest BCUT2D eigenvalue weighted by Crippen LogP contribution is 2.24. The lowest BCUT2D eigenvalue weighted by atomic mass is 9.92. The molecular weight excluding hydrogens is 424 g/mol. The van der Waals surface area contributed by atoms with Crippen molar-refractivity contribution in [2.75, 3.05) is 45.8 Å². The molecule has 2 fully saturated rings. The molecule has 0 aliphatic carbocycles. The summed E-state index contributed by atoms with van der Waals surface area (Å²) in [6.45, 7) is 16.0. The molecule has 6 heteroatoms. The first-order valence-electron chi connectivity index (χ1n) is 13.4. The molecule has 0 aromatic heterocycles. The third kappa shape index (κ3) is 6.60. The van der Waals surface area contributed by atoms with Gasteiger partial charge in [-0.3, -0.25) is 4.79 Å². The van der Waals surface area contributed by atoms with Gasteiger partial charge in [0.05, 0.1) is 0 Å². The lowest BCUT2D eigenvalue weighted by Crippen LogP contribution is -2.44. The summed E-state index contributed by atoms with van der Waals surface area (Å²) in [6.07, 6.45) is 4.34. The van der Waals surface area contributed by atoms with Crippen molar-refractivity contribution >= 4 is 11.8 Å². The average Bonchev–Trinajstić information content (AvgIpc) is 3.16. The van der Waals surface area contributed by atoms with E-state index in [-0.39, 0.29) is 24.0 Å². The van der Waals surface area contributed by atoms with Crippen LogP contribution < -0.4 is 5.32 Å². The van der Waals surface area contributed by atoms with Crippen LogP contribution in [0.1, 0.15) is 57.6 Å². The van der Waals surface area contributed by atoms with Gasteiger partial charge in [-0.1, -0.05) is 32.0 Å². The normalized spacial score (nSPS) is 29.0. The molecule has 0 spiro atoms. The lowest BCUT2D eigenvalue weighted by molar-refractivity contribution is -0.126. The third-order valence-corrected chi connectivity index (χ3v) is 7.80. The van der Waals surface area contributed by atoms with Gasteiger partial charge >= 0.3 is 0 Å². The van der Waals surface area contributed by atoms with Gasteiger partial charge < -0.3 is 19.9 Å². The number of aliphatic imine (C=N–C) groups is 1. The van der Waals surface area contributed by atoms with E-state index in [1.807, 2.05) is 12.1 Å². The summed E-state index contributed by atoms with van der Waals surface area (Å²) in [5.74, 6) is 2.76. The van der Waals surface area contributed by atoms with Gasteiger partial charge in [0, 0.05) is 37.7 Å². The Kier molecular flexibility index (Phi) is 8.65. The highest BCUT2D eigenvalue weighted by Gasteiger charge is 2.32. The molecule has 4 rings (SSSR count). The standard InChI is InChI=1S/C28H44N4O2/c1-20-16-21(2)18-32(17-20)13-7-12-29-27(33)24-10-14-31(15-11-24)19-26-23(4)34-28(30-26)25-9-6-5-8-22(25)3/h5-6,8-9,20-21,23-24,26H,7,10-19H2,1-4H3,(H,29,33)/t20-,21-,23?,26?/m0/s1. The second kappa shape index (κ2) is 11.7. The maximum Gasteiger partial charge on any atom is 0.223 e. The maximum absolute atomic E-state index is 12.7. The summed E-state index contributed by atoms with van der Waals surface area (Å²) in [6, 6.07) is 8.42. The average molecular weight is 469 g/mol. The number of hydrogen-bond donors (Lipinski definition) is 1. The van der Waals surface area contributed by atoms with E-state index in [9.17, 15) is 4.79 Å². The van der Waals surface area contributed by atoms with E-state index in [1.54, 1.807) is 0 Å². The molecule has 1 amide bonds. The number of rotatable bonds is 8. The molecule has 2 unspecified atom stereocenters. The molecule has 1 N–H and O–H groups in total. The molecule has 0 saturated carbocycles. The van der Waals surface area contributed by atoms with Crippen molar-refractivity contribution in [3.05, 3.63) is 35.4 Å². The van der Waals surface area contributed by atoms with E-state index in [0.717, 1.165) is 75.3 Å². The minimum absolute atomic E-state index is 0.0847. The summed E-state index contributed by atoms with van der Waals surface area (Å²) in [4.78, 5) is 22.6. The van der Waals surface area contributed by atoms with Crippen LogP contribution in [0.25, 0.3) is 0 Å². The van der Waals surface area contributed by atoms with Crippen LogP contribution in [-0.4, -0.2) is 79.6 Å². The van der Waals surface area contributed by atoms with Crippen LogP contribution in [0.15, 0.2) is 29.3 Å². The van der Waals surface area contributed by atoms with Crippen LogP contribution in [0.4, 0.5) is 0 Å². The Hall–Kier alpha value is -1.92. The smallest absolute Gasteiger partial charge is 0.223 e. The Morgan fingerprint density at radius 3 is 2.50 bits per heavy atom. The van der Waals surface area contributed by atoms with Gasteiger partial charge in [-0.05, 0) is 82.6 Å². The van der Waals surface area contributed by atoms with Gasteiger partial charge in [0.25, 0.3) is 0 Å². The monoisotopic (exact) mass is 468 g/mol. The largest absolute Gasteiger partial charge is 0.472 e. The number of amides is 1. The van der Waals surface area contributed by atoms with Crippen molar-refractivity contribution in [2.24, 2.45) is 22.7 Å². The zero-order valence-electron chi connectivity index (χ0n) is 21.6. The Bertz CT molecular complexity index is 839. The van der Waals surface area contributed by atoms with E-state index in [2.05, 4.69) is 54.9 Å². The van der Waals surface area contributed by atoms with Crippen LogP contribution in [0.3, 0.4) is 0 Å². The molecule has 1 aromatic rings. The number of likely N-dealkylation sites (tertiary alicyclic amines) is 2. The summed E-state index contributed by atoms with van der Waals surface area (Å²) >= 11 is 0. The SMILES string of the molecule is Cc1ccccc1C1=NC(CN2CCC(C(=O)NCCCN3C[C@@H](C)C[C@H](C)C3)CC2)C(C)O1. The zero-order chi connectivity index (χ0) is 24.1. The van der Waals surface area contributed by atoms with Crippen molar-refractivity contribution in [1.82, 2.24) is 15.1 Å². The summed E-state index contributed by atoms with van der Waals surface area (Å²) < 4.78 is 6.11. The Balaban J connectivity index is 1.16. The number of aryl methyl sites for hydroxylation is 1. The van der Waals surface area contributed by atoms with Gasteiger partial charge in [0.2, 0.25) is 11.8 Å². The number of carbonyl (C=O) groups excluding carboxylic acids is 1. The van der Waals surface area contributed by atoms with Crippen molar-refractivity contribution < 1.29 is 9.53 Å². The van der Waals surface area contributed by atoms with Gasteiger partial charge in [-0.15, -0.1) is 0 Å². The van der Waals surface area contributed by atoms with E-state index in [0.29, 0.717) is 0 Å². The number of hydrogen-bond acceptors (Lipinski definition) is 5. The Morgan fingerprint density at radius 1 is 1.09 bits per heavy atom. The highest BCUT2D eigenvalue weighted by atomic mass is 16.5.